The molecule has 3 fully saturated rings. The highest BCUT2D eigenvalue weighted by Crippen LogP contribution is 2.59. The quantitative estimate of drug-likeness (QED) is 0.705. The van der Waals surface area contributed by atoms with Gasteiger partial charge in [-0.2, -0.15) is 0 Å². The maximum atomic E-state index is 13.2. The maximum absolute atomic E-state index is 13.2. The molecule has 3 unspecified atom stereocenters. The summed E-state index contributed by atoms with van der Waals surface area (Å²) >= 11 is 0. The predicted molar refractivity (Wildman–Crippen MR) is 77.3 cm³/mol. The fraction of sp³-hybridized carbons (Fsp3) is 0.867. The van der Waals surface area contributed by atoms with Gasteiger partial charge in [-0.15, -0.1) is 0 Å². The zero-order chi connectivity index (χ0) is 15.6. The average molecular weight is 295 g/mol. The number of fused-ring (bicyclic) bond motifs is 1. The van der Waals surface area contributed by atoms with Crippen LogP contribution in [0.15, 0.2) is 0 Å². The van der Waals surface area contributed by atoms with Crippen LogP contribution in [-0.2, 0) is 14.3 Å². The number of nitrogens with two attached hydrogens (primary N) is 1. The Kier molecular flexibility index (Phi) is 2.95. The Balaban J connectivity index is 1.93. The smallest absolute Gasteiger partial charge is 0.245 e. The minimum Gasteiger partial charge on any atom is -0.377 e. The van der Waals surface area contributed by atoms with Crippen molar-refractivity contribution in [3.8, 4) is 0 Å². The topological polar surface area (TPSA) is 84.7 Å². The van der Waals surface area contributed by atoms with E-state index in [0.717, 1.165) is 6.42 Å². The van der Waals surface area contributed by atoms with Crippen molar-refractivity contribution in [3.05, 3.63) is 0 Å². The fourth-order valence-corrected chi connectivity index (χ4v) is 4.30. The number of hydrogen-bond acceptors (Lipinski definition) is 4. The molecule has 6 heteroatoms. The normalized spacial score (nSPS) is 40.2. The second-order valence-electron chi connectivity index (χ2n) is 7.55. The number of hydrogen-bond donors (Lipinski definition) is 2. The highest BCUT2D eigenvalue weighted by Gasteiger charge is 2.72. The number of amides is 2. The van der Waals surface area contributed by atoms with Gasteiger partial charge in [0.05, 0.1) is 6.10 Å². The summed E-state index contributed by atoms with van der Waals surface area (Å²) in [7, 11) is 0. The van der Waals surface area contributed by atoms with Crippen molar-refractivity contribution >= 4 is 11.8 Å². The van der Waals surface area contributed by atoms with Crippen molar-refractivity contribution in [2.45, 2.75) is 51.3 Å². The third-order valence-electron chi connectivity index (χ3n) is 5.90. The van der Waals surface area contributed by atoms with Crippen LogP contribution in [0.25, 0.3) is 0 Å². The molecular formula is C15H25N3O3. The summed E-state index contributed by atoms with van der Waals surface area (Å²) in [5.74, 6) is -0.179. The van der Waals surface area contributed by atoms with Crippen molar-refractivity contribution in [2.75, 3.05) is 19.7 Å². The second kappa shape index (κ2) is 4.20. The average Bonchev–Trinajstić information content (AvgIpc) is 2.88. The molecule has 0 aromatic rings. The monoisotopic (exact) mass is 295 g/mol. The maximum Gasteiger partial charge on any atom is 0.245 e. The molecule has 0 bridgehead atoms. The van der Waals surface area contributed by atoms with E-state index in [4.69, 9.17) is 10.5 Å². The SMILES string of the molecule is CC1(C)C(=O)NCCN1C(=O)C1(N)C2CCOC2C1(C)C. The summed E-state index contributed by atoms with van der Waals surface area (Å²) in [6.45, 7) is 9.19. The summed E-state index contributed by atoms with van der Waals surface area (Å²) < 4.78 is 5.74. The number of piperazine rings is 1. The minimum atomic E-state index is -0.941. The molecule has 0 spiro atoms. The summed E-state index contributed by atoms with van der Waals surface area (Å²) in [4.78, 5) is 26.9. The first-order chi connectivity index (χ1) is 9.65. The molecule has 1 aliphatic carbocycles. The first kappa shape index (κ1) is 14.8. The number of carbonyl (C=O) groups is 2. The Morgan fingerprint density at radius 2 is 2.05 bits per heavy atom. The van der Waals surface area contributed by atoms with E-state index >= 15 is 0 Å². The minimum absolute atomic E-state index is 0.0492. The van der Waals surface area contributed by atoms with Crippen molar-refractivity contribution in [3.63, 3.8) is 0 Å². The molecule has 1 saturated carbocycles. The number of rotatable bonds is 1. The van der Waals surface area contributed by atoms with Crippen LogP contribution in [0.3, 0.4) is 0 Å². The van der Waals surface area contributed by atoms with E-state index in [-0.39, 0.29) is 23.8 Å². The number of nitrogens with zero attached hydrogens (tertiary/aromatic N) is 1. The zero-order valence-electron chi connectivity index (χ0n) is 13.2. The number of carbonyl (C=O) groups excluding carboxylic acids is 2. The van der Waals surface area contributed by atoms with E-state index in [2.05, 4.69) is 5.32 Å². The van der Waals surface area contributed by atoms with Gasteiger partial charge >= 0.3 is 0 Å². The summed E-state index contributed by atoms with van der Waals surface area (Å²) in [5.41, 5.74) is 4.40. The molecule has 3 atom stereocenters. The van der Waals surface area contributed by atoms with Crippen LogP contribution < -0.4 is 11.1 Å². The van der Waals surface area contributed by atoms with Gasteiger partial charge < -0.3 is 20.7 Å². The Hall–Kier alpha value is -1.14. The van der Waals surface area contributed by atoms with Gasteiger partial charge in [0.15, 0.2) is 0 Å². The van der Waals surface area contributed by atoms with E-state index in [0.29, 0.717) is 19.7 Å². The molecule has 3 aliphatic rings. The second-order valence-corrected chi connectivity index (χ2v) is 7.55. The van der Waals surface area contributed by atoms with E-state index in [1.165, 1.54) is 0 Å². The van der Waals surface area contributed by atoms with Gasteiger partial charge in [-0.25, -0.2) is 0 Å². The lowest BCUT2D eigenvalue weighted by Gasteiger charge is -2.62. The molecule has 2 heterocycles. The molecule has 2 saturated heterocycles. The Bertz CT molecular complexity index is 502. The number of ether oxygens (including phenoxy) is 1. The lowest BCUT2D eigenvalue weighted by Crippen LogP contribution is -2.82. The summed E-state index contributed by atoms with van der Waals surface area (Å²) in [6.07, 6.45) is 0.866. The molecule has 0 aromatic carbocycles. The van der Waals surface area contributed by atoms with Crippen LogP contribution in [0.2, 0.25) is 0 Å². The van der Waals surface area contributed by atoms with E-state index in [9.17, 15) is 9.59 Å². The van der Waals surface area contributed by atoms with Crippen molar-refractivity contribution in [1.82, 2.24) is 10.2 Å². The molecule has 0 radical (unpaired) electrons. The molecule has 118 valence electrons. The molecule has 3 rings (SSSR count). The van der Waals surface area contributed by atoms with Crippen LogP contribution in [0.4, 0.5) is 0 Å². The van der Waals surface area contributed by atoms with Gasteiger partial charge in [-0.05, 0) is 20.3 Å². The van der Waals surface area contributed by atoms with Crippen LogP contribution >= 0.6 is 0 Å². The molecule has 2 aliphatic heterocycles. The predicted octanol–water partition coefficient (Wildman–Crippen LogP) is -0.134. The van der Waals surface area contributed by atoms with Crippen molar-refractivity contribution < 1.29 is 14.3 Å². The van der Waals surface area contributed by atoms with Crippen LogP contribution in [0.1, 0.15) is 34.1 Å². The summed E-state index contributed by atoms with van der Waals surface area (Å²) in [6, 6.07) is 0. The largest absolute Gasteiger partial charge is 0.377 e. The molecule has 6 nitrogen and oxygen atoms in total. The van der Waals surface area contributed by atoms with Gasteiger partial charge in [0.2, 0.25) is 11.8 Å². The Morgan fingerprint density at radius 1 is 1.38 bits per heavy atom. The van der Waals surface area contributed by atoms with Crippen LogP contribution in [0.5, 0.6) is 0 Å². The van der Waals surface area contributed by atoms with Crippen LogP contribution in [0, 0.1) is 11.3 Å². The molecule has 21 heavy (non-hydrogen) atoms. The van der Waals surface area contributed by atoms with Gasteiger partial charge in [-0.1, -0.05) is 13.8 Å². The van der Waals surface area contributed by atoms with Crippen LogP contribution in [-0.4, -0.2) is 53.6 Å². The number of nitrogens with one attached hydrogen (secondary N) is 1. The molecule has 2 amide bonds. The Morgan fingerprint density at radius 3 is 2.71 bits per heavy atom. The highest BCUT2D eigenvalue weighted by molar-refractivity contribution is 5.96. The summed E-state index contributed by atoms with van der Waals surface area (Å²) in [5, 5.41) is 2.81. The highest BCUT2D eigenvalue weighted by atomic mass is 16.5. The van der Waals surface area contributed by atoms with Crippen molar-refractivity contribution in [2.24, 2.45) is 17.1 Å². The van der Waals surface area contributed by atoms with Gasteiger partial charge in [0.25, 0.3) is 0 Å². The molecule has 0 aromatic heterocycles. The first-order valence-corrected chi connectivity index (χ1v) is 7.66. The fourth-order valence-electron chi connectivity index (χ4n) is 4.30. The van der Waals surface area contributed by atoms with Gasteiger partial charge in [-0.3, -0.25) is 9.59 Å². The lowest BCUT2D eigenvalue weighted by molar-refractivity contribution is -0.190. The third kappa shape index (κ3) is 1.60. The van der Waals surface area contributed by atoms with E-state index in [1.807, 2.05) is 13.8 Å². The molecule has 3 N–H and O–H groups in total. The molecular weight excluding hydrogens is 270 g/mol. The zero-order valence-corrected chi connectivity index (χ0v) is 13.2. The van der Waals surface area contributed by atoms with E-state index in [1.54, 1.807) is 18.7 Å². The standard InChI is InChI=1S/C15H25N3O3/c1-13(2)10-9(5-8-21-10)15(13,16)12(20)18-7-6-17-11(19)14(18,3)4/h9-10H,5-8,16H2,1-4H3,(H,17,19). The third-order valence-corrected chi connectivity index (χ3v) is 5.90. The van der Waals surface area contributed by atoms with Crippen molar-refractivity contribution in [1.29, 1.82) is 0 Å². The van der Waals surface area contributed by atoms with Gasteiger partial charge in [0.1, 0.15) is 11.1 Å². The Labute approximate surface area is 125 Å². The van der Waals surface area contributed by atoms with E-state index < -0.39 is 16.5 Å². The first-order valence-electron chi connectivity index (χ1n) is 7.66. The lowest BCUT2D eigenvalue weighted by atomic mass is 9.47. The van der Waals surface area contributed by atoms with Gasteiger partial charge in [0, 0.05) is 31.0 Å².